The molecule has 0 aliphatic rings. The summed E-state index contributed by atoms with van der Waals surface area (Å²) in [6.45, 7) is 3.65. The summed E-state index contributed by atoms with van der Waals surface area (Å²) in [6, 6.07) is 8.28. The van der Waals surface area contributed by atoms with Crippen LogP contribution in [0, 0.1) is 0 Å². The predicted octanol–water partition coefficient (Wildman–Crippen LogP) is 4.87. The molecule has 0 aliphatic heterocycles. The second-order valence-corrected chi connectivity index (χ2v) is 8.04. The zero-order chi connectivity index (χ0) is 16.9. The second kappa shape index (κ2) is 7.94. The van der Waals surface area contributed by atoms with Crippen molar-refractivity contribution >= 4 is 44.1 Å². The normalized spacial score (nSPS) is 11.1. The van der Waals surface area contributed by atoms with E-state index in [2.05, 4.69) is 57.2 Å². The third-order valence-corrected chi connectivity index (χ3v) is 5.55. The molecule has 0 saturated carbocycles. The van der Waals surface area contributed by atoms with E-state index in [9.17, 15) is 4.79 Å². The zero-order valence-electron chi connectivity index (χ0n) is 13.6. The number of nitrogens with zero attached hydrogens (tertiary/aromatic N) is 2. The number of aromatic amines is 1. The van der Waals surface area contributed by atoms with E-state index in [0.717, 1.165) is 41.8 Å². The lowest BCUT2D eigenvalue weighted by Crippen LogP contribution is -2.33. The molecule has 2 heterocycles. The molecule has 0 fully saturated rings. The first-order valence-electron chi connectivity index (χ1n) is 8.14. The Kier molecular flexibility index (Phi) is 5.68. The highest BCUT2D eigenvalue weighted by Gasteiger charge is 2.18. The van der Waals surface area contributed by atoms with Crippen LogP contribution in [0.3, 0.4) is 0 Å². The fraction of sp³-hybridized carbons (Fsp3) is 0.333. The summed E-state index contributed by atoms with van der Waals surface area (Å²) in [5.41, 5.74) is 2.40. The molecular weight excluding hydrogens is 386 g/mol. The Labute approximate surface area is 154 Å². The lowest BCUT2D eigenvalue weighted by molar-refractivity contribution is 0.0760. The number of unbranched alkanes of at least 4 members (excludes halogenated alkanes) is 1. The molecule has 24 heavy (non-hydrogen) atoms. The third-order valence-electron chi connectivity index (χ3n) is 4.08. The Bertz CT molecular complexity index is 826. The number of H-pyrrole nitrogens is 1. The first-order chi connectivity index (χ1) is 11.7. The van der Waals surface area contributed by atoms with Gasteiger partial charge in [-0.1, -0.05) is 31.5 Å². The van der Waals surface area contributed by atoms with Crippen LogP contribution in [0.4, 0.5) is 0 Å². The van der Waals surface area contributed by atoms with Gasteiger partial charge >= 0.3 is 0 Å². The molecular formula is C18H20BrN3OS. The van der Waals surface area contributed by atoms with Crippen molar-refractivity contribution in [1.82, 2.24) is 14.9 Å². The first kappa shape index (κ1) is 17.2. The van der Waals surface area contributed by atoms with Gasteiger partial charge in [-0.05, 0) is 40.4 Å². The van der Waals surface area contributed by atoms with Crippen LogP contribution in [-0.2, 0) is 6.42 Å². The van der Waals surface area contributed by atoms with Crippen molar-refractivity contribution in [2.45, 2.75) is 26.2 Å². The van der Waals surface area contributed by atoms with Gasteiger partial charge in [-0.15, -0.1) is 11.3 Å². The van der Waals surface area contributed by atoms with Crippen LogP contribution in [0.1, 0.15) is 35.0 Å². The topological polar surface area (TPSA) is 49.0 Å². The molecule has 0 radical (unpaired) electrons. The number of hydrogen-bond acceptors (Lipinski definition) is 3. The summed E-state index contributed by atoms with van der Waals surface area (Å²) in [6.07, 6.45) is 6.64. The summed E-state index contributed by atoms with van der Waals surface area (Å²) < 4.78 is 0.748. The number of fused-ring (bicyclic) bond motifs is 1. The summed E-state index contributed by atoms with van der Waals surface area (Å²) in [7, 11) is 0. The quantitative estimate of drug-likeness (QED) is 0.609. The third kappa shape index (κ3) is 3.87. The molecule has 1 amide bonds. The Balaban J connectivity index is 1.73. The molecule has 0 saturated heterocycles. The van der Waals surface area contributed by atoms with Gasteiger partial charge in [0.15, 0.2) is 3.92 Å². The van der Waals surface area contributed by atoms with Crippen LogP contribution >= 0.6 is 27.3 Å². The van der Waals surface area contributed by atoms with Crippen molar-refractivity contribution < 1.29 is 4.79 Å². The van der Waals surface area contributed by atoms with Gasteiger partial charge in [0, 0.05) is 30.2 Å². The maximum atomic E-state index is 12.8. The smallest absolute Gasteiger partial charge is 0.265 e. The van der Waals surface area contributed by atoms with E-state index in [-0.39, 0.29) is 5.91 Å². The van der Waals surface area contributed by atoms with E-state index in [1.54, 1.807) is 6.20 Å². The largest absolute Gasteiger partial charge is 0.361 e. The predicted molar refractivity (Wildman–Crippen MR) is 103 cm³/mol. The van der Waals surface area contributed by atoms with Crippen LogP contribution in [0.15, 0.2) is 40.6 Å². The summed E-state index contributed by atoms with van der Waals surface area (Å²) in [4.78, 5) is 22.8. The molecule has 4 nitrogen and oxygen atoms in total. The minimum atomic E-state index is 0.0755. The second-order valence-electron chi connectivity index (χ2n) is 5.73. The van der Waals surface area contributed by atoms with E-state index in [1.807, 2.05) is 11.0 Å². The monoisotopic (exact) mass is 405 g/mol. The number of hydrogen-bond donors (Lipinski definition) is 1. The van der Waals surface area contributed by atoms with Crippen LogP contribution in [-0.4, -0.2) is 33.9 Å². The zero-order valence-corrected chi connectivity index (χ0v) is 16.0. The molecule has 1 N–H and O–H groups in total. The van der Waals surface area contributed by atoms with Gasteiger partial charge in [0.1, 0.15) is 4.88 Å². The van der Waals surface area contributed by atoms with E-state index >= 15 is 0 Å². The Morgan fingerprint density at radius 2 is 2.17 bits per heavy atom. The van der Waals surface area contributed by atoms with Gasteiger partial charge in [0.05, 0.1) is 6.20 Å². The maximum absolute atomic E-state index is 12.8. The number of rotatable bonds is 7. The molecule has 3 rings (SSSR count). The number of benzene rings is 1. The van der Waals surface area contributed by atoms with Crippen molar-refractivity contribution in [3.63, 3.8) is 0 Å². The summed E-state index contributed by atoms with van der Waals surface area (Å²) in [5, 5.41) is 1.24. The van der Waals surface area contributed by atoms with E-state index < -0.39 is 0 Å². The average molecular weight is 406 g/mol. The molecule has 126 valence electrons. The van der Waals surface area contributed by atoms with Crippen molar-refractivity contribution in [3.8, 4) is 0 Å². The molecule has 6 heteroatoms. The van der Waals surface area contributed by atoms with E-state index in [0.29, 0.717) is 4.88 Å². The Hall–Kier alpha value is -1.66. The van der Waals surface area contributed by atoms with Crippen molar-refractivity contribution in [2.24, 2.45) is 0 Å². The van der Waals surface area contributed by atoms with Gasteiger partial charge < -0.3 is 9.88 Å². The Morgan fingerprint density at radius 1 is 1.33 bits per heavy atom. The first-order valence-corrected chi connectivity index (χ1v) is 9.75. The highest BCUT2D eigenvalue weighted by atomic mass is 79.9. The molecule has 0 spiro atoms. The van der Waals surface area contributed by atoms with Crippen LogP contribution in [0.25, 0.3) is 10.9 Å². The number of carbonyl (C=O) groups is 1. The van der Waals surface area contributed by atoms with Crippen LogP contribution < -0.4 is 0 Å². The number of halogens is 1. The highest BCUT2D eigenvalue weighted by molar-refractivity contribution is 9.11. The standard InChI is InChI=1S/C18H20BrN3OS/c1-2-3-9-22(17(23)16-12-21-18(19)24-16)10-8-13-11-20-15-7-5-4-6-14(13)15/h4-7,11-12,20H,2-3,8-10H2,1H3. The minimum Gasteiger partial charge on any atom is -0.361 e. The van der Waals surface area contributed by atoms with Crippen LogP contribution in [0.5, 0.6) is 0 Å². The van der Waals surface area contributed by atoms with Crippen molar-refractivity contribution in [2.75, 3.05) is 13.1 Å². The molecule has 0 bridgehead atoms. The van der Waals surface area contributed by atoms with Gasteiger partial charge in [-0.2, -0.15) is 0 Å². The number of amides is 1. The lowest BCUT2D eigenvalue weighted by atomic mass is 10.1. The highest BCUT2D eigenvalue weighted by Crippen LogP contribution is 2.22. The van der Waals surface area contributed by atoms with Gasteiger partial charge in [-0.3, -0.25) is 4.79 Å². The van der Waals surface area contributed by atoms with Gasteiger partial charge in [0.2, 0.25) is 0 Å². The number of aromatic nitrogens is 2. The molecule has 0 atom stereocenters. The maximum Gasteiger partial charge on any atom is 0.265 e. The average Bonchev–Trinajstić information content (AvgIpc) is 3.21. The fourth-order valence-corrected chi connectivity index (χ4v) is 4.00. The number of para-hydroxylation sites is 1. The Morgan fingerprint density at radius 3 is 2.92 bits per heavy atom. The lowest BCUT2D eigenvalue weighted by Gasteiger charge is -2.21. The fourth-order valence-electron chi connectivity index (χ4n) is 2.77. The number of carbonyl (C=O) groups excluding carboxylic acids is 1. The van der Waals surface area contributed by atoms with E-state index in [1.165, 1.54) is 22.3 Å². The van der Waals surface area contributed by atoms with Crippen LogP contribution in [0.2, 0.25) is 0 Å². The van der Waals surface area contributed by atoms with Gasteiger partial charge in [-0.25, -0.2) is 4.98 Å². The summed E-state index contributed by atoms with van der Waals surface area (Å²) in [5.74, 6) is 0.0755. The molecule has 0 unspecified atom stereocenters. The summed E-state index contributed by atoms with van der Waals surface area (Å²) >= 11 is 4.72. The molecule has 3 aromatic rings. The molecule has 2 aromatic heterocycles. The number of nitrogens with one attached hydrogen (secondary N) is 1. The van der Waals surface area contributed by atoms with Crippen molar-refractivity contribution in [1.29, 1.82) is 0 Å². The minimum absolute atomic E-state index is 0.0755. The van der Waals surface area contributed by atoms with Gasteiger partial charge in [0.25, 0.3) is 5.91 Å². The SMILES string of the molecule is CCCCN(CCc1c[nH]c2ccccc12)C(=O)c1cnc(Br)s1. The number of thiazole rings is 1. The van der Waals surface area contributed by atoms with E-state index in [4.69, 9.17) is 0 Å². The van der Waals surface area contributed by atoms with Crippen molar-refractivity contribution in [3.05, 3.63) is 51.0 Å². The molecule has 1 aromatic carbocycles. The molecule has 0 aliphatic carbocycles.